The van der Waals surface area contributed by atoms with Crippen molar-refractivity contribution in [3.8, 4) is 0 Å². The Bertz CT molecular complexity index is 260. The number of hydrogen-bond donors (Lipinski definition) is 0. The highest BCUT2D eigenvalue weighted by molar-refractivity contribution is 7.11. The highest BCUT2D eigenvalue weighted by atomic mass is 32.1. The molecule has 0 amide bonds. The predicted molar refractivity (Wildman–Crippen MR) is 66.9 cm³/mol. The van der Waals surface area contributed by atoms with E-state index in [9.17, 15) is 0 Å². The molecule has 0 fully saturated rings. The van der Waals surface area contributed by atoms with Crippen molar-refractivity contribution in [2.45, 2.75) is 45.4 Å². The molecular weight excluding hydrogens is 188 g/mol. The SMILES string of the molecule is C=Cc1sccc1CCCCCCC. The van der Waals surface area contributed by atoms with E-state index in [0.29, 0.717) is 0 Å². The Morgan fingerprint density at radius 1 is 1.29 bits per heavy atom. The topological polar surface area (TPSA) is 0 Å². The molecule has 1 aromatic rings. The third kappa shape index (κ3) is 3.67. The molecule has 0 spiro atoms. The average Bonchev–Trinajstić information content (AvgIpc) is 2.65. The molecule has 0 nitrogen and oxygen atoms in total. The Morgan fingerprint density at radius 2 is 2.07 bits per heavy atom. The van der Waals surface area contributed by atoms with Crippen LogP contribution in [-0.2, 0) is 6.42 Å². The maximum Gasteiger partial charge on any atom is 0.0296 e. The lowest BCUT2D eigenvalue weighted by atomic mass is 10.1. The number of aryl methyl sites for hydroxylation is 1. The van der Waals surface area contributed by atoms with Crippen molar-refractivity contribution < 1.29 is 0 Å². The molecule has 0 unspecified atom stereocenters. The van der Waals surface area contributed by atoms with Gasteiger partial charge in [0.1, 0.15) is 0 Å². The highest BCUT2D eigenvalue weighted by Gasteiger charge is 1.99. The molecule has 1 aromatic heterocycles. The second-order valence-corrected chi connectivity index (χ2v) is 4.63. The maximum atomic E-state index is 3.83. The number of hydrogen-bond acceptors (Lipinski definition) is 1. The Balaban J connectivity index is 2.21. The van der Waals surface area contributed by atoms with E-state index in [1.54, 1.807) is 11.3 Å². The minimum absolute atomic E-state index is 1.23. The van der Waals surface area contributed by atoms with Gasteiger partial charge in [-0.05, 0) is 29.9 Å². The highest BCUT2D eigenvalue weighted by Crippen LogP contribution is 2.20. The molecule has 14 heavy (non-hydrogen) atoms. The molecule has 0 radical (unpaired) electrons. The average molecular weight is 208 g/mol. The minimum Gasteiger partial charge on any atom is -0.144 e. The lowest BCUT2D eigenvalue weighted by Gasteiger charge is -2.00. The van der Waals surface area contributed by atoms with Gasteiger partial charge in [-0.3, -0.25) is 0 Å². The first kappa shape index (κ1) is 11.5. The Morgan fingerprint density at radius 3 is 2.79 bits per heavy atom. The zero-order valence-electron chi connectivity index (χ0n) is 9.09. The summed E-state index contributed by atoms with van der Waals surface area (Å²) < 4.78 is 0. The van der Waals surface area contributed by atoms with Crippen molar-refractivity contribution in [3.05, 3.63) is 28.5 Å². The van der Waals surface area contributed by atoms with Crippen molar-refractivity contribution in [1.29, 1.82) is 0 Å². The molecule has 0 aliphatic heterocycles. The standard InChI is InChI=1S/C13H20S/c1-3-5-6-7-8-9-12-10-11-14-13(12)4-2/h4,10-11H,2-3,5-9H2,1H3. The quantitative estimate of drug-likeness (QED) is 0.559. The van der Waals surface area contributed by atoms with E-state index in [4.69, 9.17) is 0 Å². The van der Waals surface area contributed by atoms with E-state index < -0.39 is 0 Å². The van der Waals surface area contributed by atoms with Gasteiger partial charge >= 0.3 is 0 Å². The largest absolute Gasteiger partial charge is 0.144 e. The Hall–Kier alpha value is -0.560. The molecule has 0 aliphatic carbocycles. The summed E-state index contributed by atoms with van der Waals surface area (Å²) in [5, 5.41) is 2.17. The number of rotatable bonds is 7. The third-order valence-corrected chi connectivity index (χ3v) is 3.47. The monoisotopic (exact) mass is 208 g/mol. The summed E-state index contributed by atoms with van der Waals surface area (Å²) in [7, 11) is 0. The molecule has 78 valence electrons. The normalized spacial score (nSPS) is 10.4. The van der Waals surface area contributed by atoms with Crippen LogP contribution in [0.4, 0.5) is 0 Å². The van der Waals surface area contributed by atoms with Crippen LogP contribution in [0.2, 0.25) is 0 Å². The molecule has 0 aliphatic rings. The fourth-order valence-electron chi connectivity index (χ4n) is 1.65. The van der Waals surface area contributed by atoms with E-state index in [-0.39, 0.29) is 0 Å². The smallest absolute Gasteiger partial charge is 0.0296 e. The van der Waals surface area contributed by atoms with Crippen LogP contribution in [-0.4, -0.2) is 0 Å². The van der Waals surface area contributed by atoms with E-state index in [2.05, 4.69) is 24.9 Å². The van der Waals surface area contributed by atoms with Crippen LogP contribution >= 0.6 is 11.3 Å². The van der Waals surface area contributed by atoms with E-state index in [0.717, 1.165) is 0 Å². The second-order valence-electron chi connectivity index (χ2n) is 3.68. The van der Waals surface area contributed by atoms with Gasteiger partial charge in [-0.2, -0.15) is 0 Å². The molecule has 1 heteroatoms. The van der Waals surface area contributed by atoms with E-state index >= 15 is 0 Å². The maximum absolute atomic E-state index is 3.83. The van der Waals surface area contributed by atoms with E-state index in [1.807, 2.05) is 6.08 Å². The zero-order chi connectivity index (χ0) is 10.2. The van der Waals surface area contributed by atoms with E-state index in [1.165, 1.54) is 49.0 Å². The van der Waals surface area contributed by atoms with Gasteiger partial charge in [-0.25, -0.2) is 0 Å². The fourth-order valence-corrected chi connectivity index (χ4v) is 2.45. The Labute approximate surface area is 91.7 Å². The predicted octanol–water partition coefficient (Wildman–Crippen LogP) is 4.90. The van der Waals surface area contributed by atoms with Gasteiger partial charge < -0.3 is 0 Å². The van der Waals surface area contributed by atoms with Crippen molar-refractivity contribution in [2.75, 3.05) is 0 Å². The van der Waals surface area contributed by atoms with Gasteiger partial charge in [-0.1, -0.05) is 45.3 Å². The molecular formula is C13H20S. The first-order chi connectivity index (χ1) is 6.88. The van der Waals surface area contributed by atoms with Gasteiger partial charge in [0, 0.05) is 4.88 Å². The van der Waals surface area contributed by atoms with Crippen LogP contribution in [0.25, 0.3) is 6.08 Å². The summed E-state index contributed by atoms with van der Waals surface area (Å²) in [6, 6.07) is 2.24. The summed E-state index contributed by atoms with van der Waals surface area (Å²) in [5.41, 5.74) is 1.49. The van der Waals surface area contributed by atoms with Gasteiger partial charge in [-0.15, -0.1) is 11.3 Å². The lowest BCUT2D eigenvalue weighted by Crippen LogP contribution is -1.85. The summed E-state index contributed by atoms with van der Waals surface area (Å²) in [6.45, 7) is 6.09. The van der Waals surface area contributed by atoms with Gasteiger partial charge in [0.2, 0.25) is 0 Å². The fraction of sp³-hybridized carbons (Fsp3) is 0.538. The summed E-state index contributed by atoms with van der Waals surface area (Å²) in [5.74, 6) is 0. The second kappa shape index (κ2) is 6.83. The van der Waals surface area contributed by atoms with Crippen molar-refractivity contribution in [1.82, 2.24) is 0 Å². The zero-order valence-corrected chi connectivity index (χ0v) is 9.91. The molecule has 0 N–H and O–H groups in total. The first-order valence-corrected chi connectivity index (χ1v) is 6.45. The molecule has 0 saturated carbocycles. The lowest BCUT2D eigenvalue weighted by molar-refractivity contribution is 0.632. The van der Waals surface area contributed by atoms with Crippen LogP contribution in [0.5, 0.6) is 0 Å². The van der Waals surface area contributed by atoms with Crippen LogP contribution < -0.4 is 0 Å². The van der Waals surface area contributed by atoms with Crippen molar-refractivity contribution in [2.24, 2.45) is 0 Å². The van der Waals surface area contributed by atoms with Crippen LogP contribution in [0.1, 0.15) is 49.5 Å². The molecule has 0 aromatic carbocycles. The molecule has 1 heterocycles. The van der Waals surface area contributed by atoms with Crippen LogP contribution in [0, 0.1) is 0 Å². The Kier molecular flexibility index (Phi) is 5.62. The van der Waals surface area contributed by atoms with Crippen LogP contribution in [0.15, 0.2) is 18.0 Å². The summed E-state index contributed by atoms with van der Waals surface area (Å²) in [4.78, 5) is 1.36. The van der Waals surface area contributed by atoms with Crippen molar-refractivity contribution in [3.63, 3.8) is 0 Å². The third-order valence-electron chi connectivity index (χ3n) is 2.52. The molecule has 0 saturated heterocycles. The molecule has 1 rings (SSSR count). The molecule has 0 atom stereocenters. The van der Waals surface area contributed by atoms with Crippen molar-refractivity contribution >= 4 is 17.4 Å². The van der Waals surface area contributed by atoms with Gasteiger partial charge in [0.25, 0.3) is 0 Å². The summed E-state index contributed by atoms with van der Waals surface area (Å²) in [6.07, 6.45) is 10.0. The number of thiophene rings is 1. The van der Waals surface area contributed by atoms with Gasteiger partial charge in [0.15, 0.2) is 0 Å². The first-order valence-electron chi connectivity index (χ1n) is 5.57. The number of unbranched alkanes of at least 4 members (excludes halogenated alkanes) is 4. The minimum atomic E-state index is 1.23. The van der Waals surface area contributed by atoms with Gasteiger partial charge in [0.05, 0.1) is 0 Å². The summed E-state index contributed by atoms with van der Waals surface area (Å²) >= 11 is 1.80. The molecule has 0 bridgehead atoms. The van der Waals surface area contributed by atoms with Crippen LogP contribution in [0.3, 0.4) is 0 Å².